The molecule has 0 saturated carbocycles. The Bertz CT molecular complexity index is 2290. The van der Waals surface area contributed by atoms with Gasteiger partial charge in [-0.15, -0.1) is 0 Å². The lowest BCUT2D eigenvalue weighted by atomic mass is 9.89. The number of amides is 9. The molecule has 0 unspecified atom stereocenters. The normalized spacial score (nSPS) is 17.2. The zero-order valence-electron chi connectivity index (χ0n) is 49.3. The van der Waals surface area contributed by atoms with Crippen LogP contribution in [0.15, 0.2) is 54.6 Å². The third kappa shape index (κ3) is 20.1. The summed E-state index contributed by atoms with van der Waals surface area (Å²) in [7, 11) is 6.21. The standard InChI is InChI=1S/C58H94N10O11/c1-15-37(8)50(45(77-13)32-46(69)68-30-20-24-44(68)51(78-14)39(10)52(70)62-38(9)31-40-21-17-16-18-22-40)66(11)56(74)48(35(4)5)65-55(73)49(36(6)7)67(12)58(76)79-33-41-25-27-42(28-26-41)63-53(71)43(23-19-29-61-57(60)75)64-54(72)47(59)34(2)3/h16-18,21-22,25-28,34-39,43-45,47-51H,15,19-20,23-24,29-33,59H2,1-14H3,(H,62,70)(H,63,71)(H,64,72)(H,65,73)(H3,60,61,75)/t37-,38+,39+,43-,44-,45+,47-,48-,49-,50-,51+/m0/s1. The van der Waals surface area contributed by atoms with Gasteiger partial charge in [-0.2, -0.15) is 0 Å². The first-order chi connectivity index (χ1) is 37.3. The van der Waals surface area contributed by atoms with E-state index in [1.165, 1.54) is 19.1 Å². The van der Waals surface area contributed by atoms with Crippen LogP contribution in [0.1, 0.15) is 119 Å². The lowest BCUT2D eigenvalue weighted by molar-refractivity contribution is -0.148. The van der Waals surface area contributed by atoms with Crippen molar-refractivity contribution in [2.45, 2.75) is 175 Å². The first-order valence-electron chi connectivity index (χ1n) is 27.9. The summed E-state index contributed by atoms with van der Waals surface area (Å²) in [5, 5.41) is 14.0. The molecule has 21 nitrogen and oxygen atoms in total. The lowest BCUT2D eigenvalue weighted by Gasteiger charge is -2.41. The van der Waals surface area contributed by atoms with Crippen LogP contribution >= 0.6 is 0 Å². The fourth-order valence-electron chi connectivity index (χ4n) is 10.2. The Balaban J connectivity index is 1.69. The van der Waals surface area contributed by atoms with E-state index in [9.17, 15) is 38.4 Å². The number of ether oxygens (including phenoxy) is 3. The molecule has 0 aromatic heterocycles. The van der Waals surface area contributed by atoms with Gasteiger partial charge in [0.1, 0.15) is 24.7 Å². The number of likely N-dealkylation sites (tertiary alicyclic amines) is 1. The Morgan fingerprint density at radius 2 is 1.39 bits per heavy atom. The molecule has 0 spiro atoms. The van der Waals surface area contributed by atoms with Crippen molar-refractivity contribution >= 4 is 53.3 Å². The number of hydrogen-bond acceptors (Lipinski definition) is 12. The summed E-state index contributed by atoms with van der Waals surface area (Å²) in [6, 6.07) is 10.9. The summed E-state index contributed by atoms with van der Waals surface area (Å²) in [6.45, 7) is 19.1. The number of likely N-dealkylation sites (N-methyl/N-ethyl adjacent to an activating group) is 2. The molecular weight excluding hydrogens is 1010 g/mol. The van der Waals surface area contributed by atoms with Crippen LogP contribution in [0.3, 0.4) is 0 Å². The van der Waals surface area contributed by atoms with Crippen molar-refractivity contribution in [2.24, 2.45) is 41.1 Å². The van der Waals surface area contributed by atoms with E-state index in [2.05, 4.69) is 26.6 Å². The van der Waals surface area contributed by atoms with E-state index in [-0.39, 0.29) is 73.6 Å². The highest BCUT2D eigenvalue weighted by molar-refractivity contribution is 5.98. The topological polar surface area (TPSA) is 286 Å². The van der Waals surface area contributed by atoms with Gasteiger partial charge in [-0.3, -0.25) is 33.7 Å². The number of rotatable bonds is 31. The number of carbonyl (C=O) groups excluding carboxylic acids is 8. The number of carbonyl (C=O) groups is 8. The van der Waals surface area contributed by atoms with E-state index in [0.29, 0.717) is 43.5 Å². The van der Waals surface area contributed by atoms with Gasteiger partial charge in [0.2, 0.25) is 35.4 Å². The van der Waals surface area contributed by atoms with Crippen molar-refractivity contribution in [3.05, 3.63) is 65.7 Å². The summed E-state index contributed by atoms with van der Waals surface area (Å²) in [5.74, 6) is -3.90. The van der Waals surface area contributed by atoms with Crippen LogP contribution in [0, 0.1) is 29.6 Å². The van der Waals surface area contributed by atoms with Crippen molar-refractivity contribution in [2.75, 3.05) is 46.7 Å². The van der Waals surface area contributed by atoms with Crippen LogP contribution in [-0.4, -0.2) is 158 Å². The van der Waals surface area contributed by atoms with Crippen molar-refractivity contribution in [3.8, 4) is 0 Å². The molecule has 2 aromatic carbocycles. The summed E-state index contributed by atoms with van der Waals surface area (Å²) < 4.78 is 17.7. The summed E-state index contributed by atoms with van der Waals surface area (Å²) in [6.07, 6.45) is 1.16. The molecule has 9 amide bonds. The number of hydrogen-bond donors (Lipinski definition) is 7. The third-order valence-electron chi connectivity index (χ3n) is 15.1. The number of nitrogens with one attached hydrogen (secondary N) is 5. The second-order valence-corrected chi connectivity index (χ2v) is 22.2. The highest BCUT2D eigenvalue weighted by Crippen LogP contribution is 2.30. The number of nitrogens with two attached hydrogens (primary N) is 2. The third-order valence-corrected chi connectivity index (χ3v) is 15.1. The summed E-state index contributed by atoms with van der Waals surface area (Å²) in [4.78, 5) is 112. The second-order valence-electron chi connectivity index (χ2n) is 22.2. The predicted molar refractivity (Wildman–Crippen MR) is 304 cm³/mol. The van der Waals surface area contributed by atoms with Crippen LogP contribution in [0.2, 0.25) is 0 Å². The molecule has 1 heterocycles. The van der Waals surface area contributed by atoms with E-state index in [4.69, 9.17) is 25.7 Å². The van der Waals surface area contributed by atoms with Gasteiger partial charge in [-0.25, -0.2) is 9.59 Å². The van der Waals surface area contributed by atoms with Gasteiger partial charge in [0.05, 0.1) is 42.7 Å². The van der Waals surface area contributed by atoms with Gasteiger partial charge in [0, 0.05) is 53.1 Å². The SMILES string of the molecule is CC[C@H](C)[C@@H]([C@@H](CC(=O)N1CCC[C@H]1[C@H](OC)[C@@H](C)C(=O)N[C@H](C)Cc1ccccc1)OC)N(C)C(=O)[C@@H](NC(=O)[C@H](C(C)C)N(C)C(=O)OCc1ccc(NC(=O)[C@H](CCCNC(N)=O)NC(=O)[C@@H](N)C(C)C)cc1)C(C)C. The monoisotopic (exact) mass is 1110 g/mol. The van der Waals surface area contributed by atoms with E-state index in [1.54, 1.807) is 75.9 Å². The van der Waals surface area contributed by atoms with Crippen LogP contribution in [0.5, 0.6) is 0 Å². The molecule has 21 heteroatoms. The molecule has 1 aliphatic heterocycles. The van der Waals surface area contributed by atoms with E-state index in [0.717, 1.165) is 12.0 Å². The molecule has 442 valence electrons. The number of urea groups is 1. The smallest absolute Gasteiger partial charge is 0.410 e. The maximum atomic E-state index is 14.7. The number of methoxy groups -OCH3 is 2. The molecule has 1 saturated heterocycles. The van der Waals surface area contributed by atoms with Gasteiger partial charge < -0.3 is 62.1 Å². The van der Waals surface area contributed by atoms with Gasteiger partial charge in [0.15, 0.2) is 0 Å². The lowest BCUT2D eigenvalue weighted by Crippen LogP contribution is -2.60. The summed E-state index contributed by atoms with van der Waals surface area (Å²) >= 11 is 0. The van der Waals surface area contributed by atoms with E-state index < -0.39 is 84.1 Å². The first-order valence-corrected chi connectivity index (χ1v) is 27.9. The Morgan fingerprint density at radius 3 is 1.95 bits per heavy atom. The molecule has 9 N–H and O–H groups in total. The predicted octanol–water partition coefficient (Wildman–Crippen LogP) is 4.94. The maximum Gasteiger partial charge on any atom is 0.410 e. The minimum Gasteiger partial charge on any atom is -0.445 e. The number of nitrogens with zero attached hydrogens (tertiary/aromatic N) is 3. The van der Waals surface area contributed by atoms with Crippen molar-refractivity contribution in [3.63, 3.8) is 0 Å². The molecule has 1 aliphatic rings. The molecule has 0 aliphatic carbocycles. The molecule has 11 atom stereocenters. The number of anilines is 1. The average Bonchev–Trinajstić information content (AvgIpc) is 3.96. The average molecular weight is 1110 g/mol. The van der Waals surface area contributed by atoms with Gasteiger partial charge in [-0.05, 0) is 86.0 Å². The zero-order valence-corrected chi connectivity index (χ0v) is 49.3. The molecular formula is C58H94N10O11. The van der Waals surface area contributed by atoms with Crippen LogP contribution in [-0.2, 0) is 56.0 Å². The van der Waals surface area contributed by atoms with Crippen LogP contribution < -0.4 is 38.1 Å². The zero-order chi connectivity index (χ0) is 59.3. The Morgan fingerprint density at radius 1 is 0.747 bits per heavy atom. The number of primary amides is 1. The molecule has 2 aromatic rings. The van der Waals surface area contributed by atoms with Gasteiger partial charge >= 0.3 is 12.1 Å². The van der Waals surface area contributed by atoms with Crippen LogP contribution in [0.25, 0.3) is 0 Å². The summed E-state index contributed by atoms with van der Waals surface area (Å²) in [5.41, 5.74) is 13.3. The van der Waals surface area contributed by atoms with Crippen molar-refractivity contribution < 1.29 is 52.6 Å². The van der Waals surface area contributed by atoms with Crippen LogP contribution in [0.4, 0.5) is 15.3 Å². The van der Waals surface area contributed by atoms with E-state index in [1.807, 2.05) is 71.9 Å². The Labute approximate surface area is 469 Å². The van der Waals surface area contributed by atoms with E-state index >= 15 is 0 Å². The quantitative estimate of drug-likeness (QED) is 0.0495. The second kappa shape index (κ2) is 32.7. The molecule has 0 bridgehead atoms. The van der Waals surface area contributed by atoms with Crippen molar-refractivity contribution in [1.82, 2.24) is 36.0 Å². The fourth-order valence-corrected chi connectivity index (χ4v) is 10.2. The minimum absolute atomic E-state index is 0.0392. The molecule has 1 fully saturated rings. The first kappa shape index (κ1) is 67.0. The van der Waals surface area contributed by atoms with Crippen molar-refractivity contribution in [1.29, 1.82) is 0 Å². The van der Waals surface area contributed by atoms with Gasteiger partial charge in [0.25, 0.3) is 0 Å². The maximum absolute atomic E-state index is 14.7. The van der Waals surface area contributed by atoms with Gasteiger partial charge in [-0.1, -0.05) is 111 Å². The molecule has 3 rings (SSSR count). The largest absolute Gasteiger partial charge is 0.445 e. The Kier molecular flexibility index (Phi) is 27.7. The molecule has 79 heavy (non-hydrogen) atoms. The molecule has 0 radical (unpaired) electrons. The Hall–Kier alpha value is -6.32. The minimum atomic E-state index is -1.04. The number of benzene rings is 2. The highest BCUT2D eigenvalue weighted by Gasteiger charge is 2.44. The highest BCUT2D eigenvalue weighted by atomic mass is 16.6. The fraction of sp³-hybridized carbons (Fsp3) is 0.655.